The van der Waals surface area contributed by atoms with Crippen LogP contribution < -0.4 is 15.4 Å². The number of nitrogens with two attached hydrogens (primary N) is 1. The molecule has 2 rings (SSSR count). The summed E-state index contributed by atoms with van der Waals surface area (Å²) in [6, 6.07) is 7.62. The average Bonchev–Trinajstić information content (AvgIpc) is 2.89. The number of anilines is 1. The molecule has 1 aliphatic rings. The van der Waals surface area contributed by atoms with Crippen molar-refractivity contribution in [3.63, 3.8) is 0 Å². The number of benzene rings is 1. The number of hydrogen-bond acceptors (Lipinski definition) is 3. The number of guanidine groups is 1. The van der Waals surface area contributed by atoms with Crippen LogP contribution in [0.1, 0.15) is 18.9 Å². The number of nitrogens with one attached hydrogen (secondary N) is 1. The number of nitrogens with zero attached hydrogens (tertiary/aromatic N) is 2. The average molecular weight is 310 g/mol. The maximum Gasteiger partial charge on any atom is 0.236 e. The molecule has 0 fully saturated rings. The summed E-state index contributed by atoms with van der Waals surface area (Å²) in [6.07, 6.45) is 1.67. The molecule has 0 unspecified atom stereocenters. The van der Waals surface area contributed by atoms with Gasteiger partial charge in [0.05, 0.1) is 11.4 Å². The monoisotopic (exact) mass is 310 g/mol. The van der Waals surface area contributed by atoms with E-state index in [4.69, 9.17) is 5.73 Å². The fraction of sp³-hybridized carbons (Fsp3) is 0.500. The van der Waals surface area contributed by atoms with Gasteiger partial charge in [-0.25, -0.2) is 8.42 Å². The predicted molar refractivity (Wildman–Crippen MR) is 86.1 cm³/mol. The van der Waals surface area contributed by atoms with E-state index >= 15 is 0 Å². The molecule has 0 spiro atoms. The van der Waals surface area contributed by atoms with Crippen LogP contribution in [0, 0.1) is 0 Å². The van der Waals surface area contributed by atoms with Gasteiger partial charge >= 0.3 is 0 Å². The van der Waals surface area contributed by atoms with Crippen LogP contribution >= 0.6 is 0 Å². The summed E-state index contributed by atoms with van der Waals surface area (Å²) < 4.78 is 26.3. The number of fused-ring (bicyclic) bond motifs is 1. The molecule has 0 amide bonds. The molecule has 6 nitrogen and oxygen atoms in total. The third-order valence-electron chi connectivity index (χ3n) is 3.35. The van der Waals surface area contributed by atoms with Crippen molar-refractivity contribution in [2.75, 3.05) is 29.7 Å². The minimum Gasteiger partial charge on any atom is -0.370 e. The van der Waals surface area contributed by atoms with Crippen molar-refractivity contribution in [3.05, 3.63) is 29.8 Å². The van der Waals surface area contributed by atoms with Gasteiger partial charge in [-0.15, -0.1) is 0 Å². The second-order valence-corrected chi connectivity index (χ2v) is 6.97. The molecule has 0 aliphatic carbocycles. The predicted octanol–water partition coefficient (Wildman–Crippen LogP) is 0.693. The summed E-state index contributed by atoms with van der Waals surface area (Å²) >= 11 is 0. The fourth-order valence-corrected chi connectivity index (χ4v) is 3.73. The van der Waals surface area contributed by atoms with Crippen LogP contribution in [-0.4, -0.2) is 39.8 Å². The van der Waals surface area contributed by atoms with Gasteiger partial charge in [-0.05, 0) is 24.5 Å². The molecular formula is C14H22N4O2S. The van der Waals surface area contributed by atoms with Crippen molar-refractivity contribution in [1.29, 1.82) is 0 Å². The van der Waals surface area contributed by atoms with Crippen LogP contribution in [0.3, 0.4) is 0 Å². The maximum absolute atomic E-state index is 12.4. The standard InChI is InChI=1S/C14H22N4O2S/c1-2-8-16-14(15)17-9-11-21(19,20)18-10-7-12-5-3-4-6-13(12)18/h3-6H,2,7-11H2,1H3,(H3,15,16,17). The molecule has 0 atom stereocenters. The summed E-state index contributed by atoms with van der Waals surface area (Å²) in [6.45, 7) is 3.43. The molecule has 1 heterocycles. The Kier molecular flexibility index (Phi) is 5.06. The molecule has 0 aromatic heterocycles. The first-order valence-corrected chi connectivity index (χ1v) is 8.77. The third kappa shape index (κ3) is 3.87. The SMILES string of the molecule is CCCN=C(N)NCCS(=O)(=O)N1CCc2ccccc21. The summed E-state index contributed by atoms with van der Waals surface area (Å²) in [5.74, 6) is 0.304. The Morgan fingerprint density at radius 2 is 2.19 bits per heavy atom. The maximum atomic E-state index is 12.4. The van der Waals surface area contributed by atoms with Gasteiger partial charge in [0.1, 0.15) is 0 Å². The number of para-hydroxylation sites is 1. The smallest absolute Gasteiger partial charge is 0.236 e. The normalized spacial score (nSPS) is 15.1. The quantitative estimate of drug-likeness (QED) is 0.598. The zero-order valence-electron chi connectivity index (χ0n) is 12.2. The van der Waals surface area contributed by atoms with E-state index < -0.39 is 10.0 Å². The van der Waals surface area contributed by atoms with E-state index in [1.165, 1.54) is 4.31 Å². The number of aliphatic imine (C=N–C) groups is 1. The van der Waals surface area contributed by atoms with Crippen molar-refractivity contribution >= 4 is 21.7 Å². The molecule has 0 radical (unpaired) electrons. The molecule has 0 bridgehead atoms. The van der Waals surface area contributed by atoms with Gasteiger partial charge in [-0.1, -0.05) is 25.1 Å². The highest BCUT2D eigenvalue weighted by molar-refractivity contribution is 7.92. The lowest BCUT2D eigenvalue weighted by atomic mass is 10.2. The van der Waals surface area contributed by atoms with E-state index in [0.717, 1.165) is 24.1 Å². The topological polar surface area (TPSA) is 87.8 Å². The molecule has 7 heteroatoms. The first-order valence-electron chi connectivity index (χ1n) is 7.16. The summed E-state index contributed by atoms with van der Waals surface area (Å²) in [5.41, 5.74) is 7.53. The molecule has 116 valence electrons. The second kappa shape index (κ2) is 6.80. The summed E-state index contributed by atoms with van der Waals surface area (Å²) in [7, 11) is -3.33. The summed E-state index contributed by atoms with van der Waals surface area (Å²) in [5, 5.41) is 2.84. The molecule has 0 saturated heterocycles. The van der Waals surface area contributed by atoms with E-state index in [1.54, 1.807) is 0 Å². The largest absolute Gasteiger partial charge is 0.370 e. The number of rotatable bonds is 6. The van der Waals surface area contributed by atoms with Crippen LogP contribution in [0.5, 0.6) is 0 Å². The molecular weight excluding hydrogens is 288 g/mol. The van der Waals surface area contributed by atoms with Gasteiger partial charge in [0.15, 0.2) is 5.96 Å². The first kappa shape index (κ1) is 15.6. The van der Waals surface area contributed by atoms with Gasteiger partial charge in [-0.2, -0.15) is 0 Å². The Bertz CT molecular complexity index is 613. The number of hydrogen-bond donors (Lipinski definition) is 2. The lowest BCUT2D eigenvalue weighted by molar-refractivity contribution is 0.591. The van der Waals surface area contributed by atoms with Gasteiger partial charge in [0.25, 0.3) is 0 Å². The van der Waals surface area contributed by atoms with Crippen LogP contribution in [0.25, 0.3) is 0 Å². The number of sulfonamides is 1. The molecule has 1 aromatic rings. The minimum absolute atomic E-state index is 0.00365. The molecule has 1 aliphatic heterocycles. The third-order valence-corrected chi connectivity index (χ3v) is 5.12. The van der Waals surface area contributed by atoms with Crippen molar-refractivity contribution in [3.8, 4) is 0 Å². The van der Waals surface area contributed by atoms with Crippen LogP contribution in [0.2, 0.25) is 0 Å². The van der Waals surface area contributed by atoms with Crippen LogP contribution in [0.4, 0.5) is 5.69 Å². The Hall–Kier alpha value is -1.76. The zero-order chi connectivity index (χ0) is 15.3. The second-order valence-electron chi connectivity index (χ2n) is 4.96. The van der Waals surface area contributed by atoms with Crippen LogP contribution in [0.15, 0.2) is 29.3 Å². The lowest BCUT2D eigenvalue weighted by Gasteiger charge is -2.19. The van der Waals surface area contributed by atoms with Crippen molar-refractivity contribution in [2.24, 2.45) is 10.7 Å². The highest BCUT2D eigenvalue weighted by Crippen LogP contribution is 2.29. The van der Waals surface area contributed by atoms with Crippen LogP contribution in [-0.2, 0) is 16.4 Å². The van der Waals surface area contributed by atoms with E-state index in [2.05, 4.69) is 10.3 Å². The van der Waals surface area contributed by atoms with E-state index in [-0.39, 0.29) is 12.3 Å². The molecule has 1 aromatic carbocycles. The fourth-order valence-electron chi connectivity index (χ4n) is 2.30. The van der Waals surface area contributed by atoms with Crippen molar-refractivity contribution in [2.45, 2.75) is 19.8 Å². The van der Waals surface area contributed by atoms with E-state index in [9.17, 15) is 8.42 Å². The highest BCUT2D eigenvalue weighted by atomic mass is 32.2. The van der Waals surface area contributed by atoms with E-state index in [1.807, 2.05) is 31.2 Å². The van der Waals surface area contributed by atoms with Gasteiger partial charge in [-0.3, -0.25) is 9.30 Å². The Labute approximate surface area is 126 Å². The molecule has 21 heavy (non-hydrogen) atoms. The zero-order valence-corrected chi connectivity index (χ0v) is 13.1. The Morgan fingerprint density at radius 1 is 1.43 bits per heavy atom. The molecule has 3 N–H and O–H groups in total. The highest BCUT2D eigenvalue weighted by Gasteiger charge is 2.28. The molecule has 0 saturated carbocycles. The lowest BCUT2D eigenvalue weighted by Crippen LogP contribution is -2.39. The Morgan fingerprint density at radius 3 is 2.95 bits per heavy atom. The van der Waals surface area contributed by atoms with Gasteiger partial charge in [0.2, 0.25) is 10.0 Å². The Balaban J connectivity index is 1.95. The van der Waals surface area contributed by atoms with Gasteiger partial charge < -0.3 is 11.1 Å². The summed E-state index contributed by atoms with van der Waals surface area (Å²) in [4.78, 5) is 4.07. The minimum atomic E-state index is -3.33. The van der Waals surface area contributed by atoms with Crippen molar-refractivity contribution in [1.82, 2.24) is 5.32 Å². The van der Waals surface area contributed by atoms with E-state index in [0.29, 0.717) is 19.0 Å². The van der Waals surface area contributed by atoms with Crippen molar-refractivity contribution < 1.29 is 8.42 Å². The first-order chi connectivity index (χ1) is 10.0. The van der Waals surface area contributed by atoms with Gasteiger partial charge in [0, 0.05) is 19.6 Å².